The molecule has 2 aromatic carbocycles. The maximum Gasteiger partial charge on any atom is 0.328 e. The van der Waals surface area contributed by atoms with Gasteiger partial charge in [0.1, 0.15) is 0 Å². The summed E-state index contributed by atoms with van der Waals surface area (Å²) >= 11 is 0. The summed E-state index contributed by atoms with van der Waals surface area (Å²) in [4.78, 5) is 21.7. The van der Waals surface area contributed by atoms with E-state index in [4.69, 9.17) is 10.2 Å². The van der Waals surface area contributed by atoms with Gasteiger partial charge in [-0.1, -0.05) is 67.1 Å². The molecule has 1 aliphatic rings. The van der Waals surface area contributed by atoms with Gasteiger partial charge in [-0.2, -0.15) is 0 Å². The fourth-order valence-corrected chi connectivity index (χ4v) is 3.53. The lowest BCUT2D eigenvalue weighted by atomic mass is 9.88. The number of piperidine rings is 1. The van der Waals surface area contributed by atoms with Gasteiger partial charge in [-0.3, -0.25) is 0 Å². The van der Waals surface area contributed by atoms with Crippen LogP contribution in [0.5, 0.6) is 0 Å². The molecule has 3 rings (SSSR count). The molecular weight excluding hydrogens is 366 g/mol. The first-order chi connectivity index (χ1) is 14.1. The van der Waals surface area contributed by atoms with Crippen molar-refractivity contribution in [3.63, 3.8) is 0 Å². The SMILES string of the molecule is O=C(O)/C=C\C(=O)O.c1ccc(C(CCN2CCCCC2)c2ccccc2)cc1. The fraction of sp³-hybridized carbons (Fsp3) is 0.333. The second-order valence-corrected chi connectivity index (χ2v) is 7.07. The molecular formula is C24H29NO4. The number of benzene rings is 2. The Balaban J connectivity index is 0.000000321. The highest BCUT2D eigenvalue weighted by atomic mass is 16.4. The minimum Gasteiger partial charge on any atom is -0.478 e. The molecule has 2 aromatic rings. The average Bonchev–Trinajstić information content (AvgIpc) is 2.75. The molecule has 0 saturated carbocycles. The fourth-order valence-electron chi connectivity index (χ4n) is 3.53. The highest BCUT2D eigenvalue weighted by Crippen LogP contribution is 2.28. The standard InChI is InChI=1S/C20H25N.C4H4O4/c1-4-10-18(11-5-1)20(19-12-6-2-7-13-19)14-17-21-15-8-3-9-16-21;5-3(6)1-2-4(7)8/h1-2,4-7,10-13,20H,3,8-9,14-17H2;1-2H,(H,5,6)(H,7,8)/b;2-1-. The van der Waals surface area contributed by atoms with Crippen LogP contribution in [0, 0.1) is 0 Å². The summed E-state index contributed by atoms with van der Waals surface area (Å²) in [6.45, 7) is 3.79. The Morgan fingerprint density at radius 3 is 1.66 bits per heavy atom. The van der Waals surface area contributed by atoms with Crippen LogP contribution in [0.15, 0.2) is 72.8 Å². The summed E-state index contributed by atoms with van der Waals surface area (Å²) in [5, 5.41) is 15.6. The molecule has 1 aliphatic heterocycles. The number of aliphatic carboxylic acids is 2. The van der Waals surface area contributed by atoms with Gasteiger partial charge in [0.25, 0.3) is 0 Å². The molecule has 0 radical (unpaired) electrons. The molecule has 0 aromatic heterocycles. The minimum absolute atomic E-state index is 0.523. The van der Waals surface area contributed by atoms with E-state index in [2.05, 4.69) is 65.6 Å². The summed E-state index contributed by atoms with van der Waals surface area (Å²) in [5.74, 6) is -1.99. The molecule has 1 saturated heterocycles. The van der Waals surface area contributed by atoms with Crippen molar-refractivity contribution < 1.29 is 19.8 Å². The average molecular weight is 395 g/mol. The summed E-state index contributed by atoms with van der Waals surface area (Å²) in [7, 11) is 0. The smallest absolute Gasteiger partial charge is 0.328 e. The van der Waals surface area contributed by atoms with E-state index in [0.29, 0.717) is 18.1 Å². The highest BCUT2D eigenvalue weighted by Gasteiger charge is 2.16. The van der Waals surface area contributed by atoms with E-state index in [0.717, 1.165) is 0 Å². The Hall–Kier alpha value is -2.92. The second kappa shape index (κ2) is 12.5. The predicted octanol–water partition coefficient (Wildman–Crippen LogP) is 4.41. The molecule has 0 aliphatic carbocycles. The van der Waals surface area contributed by atoms with Crippen molar-refractivity contribution in [2.75, 3.05) is 19.6 Å². The van der Waals surface area contributed by atoms with E-state index < -0.39 is 11.9 Å². The van der Waals surface area contributed by atoms with Gasteiger partial charge in [-0.15, -0.1) is 0 Å². The van der Waals surface area contributed by atoms with Crippen molar-refractivity contribution >= 4 is 11.9 Å². The van der Waals surface area contributed by atoms with E-state index in [1.807, 2.05) is 0 Å². The molecule has 0 unspecified atom stereocenters. The molecule has 0 amide bonds. The van der Waals surface area contributed by atoms with Gasteiger partial charge in [-0.25, -0.2) is 9.59 Å². The molecule has 0 bridgehead atoms. The minimum atomic E-state index is -1.26. The molecule has 0 spiro atoms. The topological polar surface area (TPSA) is 77.8 Å². The molecule has 5 nitrogen and oxygen atoms in total. The normalized spacial score (nSPS) is 14.4. The zero-order valence-electron chi connectivity index (χ0n) is 16.6. The third kappa shape index (κ3) is 8.75. The van der Waals surface area contributed by atoms with Crippen LogP contribution in [-0.2, 0) is 9.59 Å². The van der Waals surface area contributed by atoms with Gasteiger partial charge in [-0.05, 0) is 50.0 Å². The molecule has 154 valence electrons. The van der Waals surface area contributed by atoms with Gasteiger partial charge in [0.05, 0.1) is 0 Å². The Kier molecular flexibility index (Phi) is 9.66. The van der Waals surface area contributed by atoms with E-state index >= 15 is 0 Å². The van der Waals surface area contributed by atoms with Crippen LogP contribution in [-0.4, -0.2) is 46.7 Å². The Bertz CT molecular complexity index is 712. The second-order valence-electron chi connectivity index (χ2n) is 7.07. The van der Waals surface area contributed by atoms with Crippen LogP contribution in [0.4, 0.5) is 0 Å². The van der Waals surface area contributed by atoms with Gasteiger partial charge in [0.15, 0.2) is 0 Å². The Morgan fingerprint density at radius 2 is 1.24 bits per heavy atom. The van der Waals surface area contributed by atoms with E-state index in [1.54, 1.807) is 0 Å². The van der Waals surface area contributed by atoms with Crippen LogP contribution < -0.4 is 0 Å². The van der Waals surface area contributed by atoms with Crippen molar-refractivity contribution in [3.05, 3.63) is 83.9 Å². The third-order valence-corrected chi connectivity index (χ3v) is 4.96. The largest absolute Gasteiger partial charge is 0.478 e. The molecule has 2 N–H and O–H groups in total. The van der Waals surface area contributed by atoms with Crippen LogP contribution in [0.25, 0.3) is 0 Å². The van der Waals surface area contributed by atoms with Crippen molar-refractivity contribution in [2.24, 2.45) is 0 Å². The van der Waals surface area contributed by atoms with Gasteiger partial charge < -0.3 is 15.1 Å². The quantitative estimate of drug-likeness (QED) is 0.679. The molecule has 5 heteroatoms. The van der Waals surface area contributed by atoms with Crippen molar-refractivity contribution in [3.8, 4) is 0 Å². The van der Waals surface area contributed by atoms with E-state index in [-0.39, 0.29) is 0 Å². The van der Waals surface area contributed by atoms with Crippen molar-refractivity contribution in [2.45, 2.75) is 31.6 Å². The number of nitrogens with zero attached hydrogens (tertiary/aromatic N) is 1. The number of hydrogen-bond acceptors (Lipinski definition) is 3. The lowest BCUT2D eigenvalue weighted by Gasteiger charge is -2.28. The van der Waals surface area contributed by atoms with Gasteiger partial charge in [0.2, 0.25) is 0 Å². The highest BCUT2D eigenvalue weighted by molar-refractivity contribution is 5.89. The number of carbonyl (C=O) groups is 2. The zero-order chi connectivity index (χ0) is 20.9. The first-order valence-electron chi connectivity index (χ1n) is 10.0. The lowest BCUT2D eigenvalue weighted by Crippen LogP contribution is -2.31. The maximum absolute atomic E-state index is 9.55. The molecule has 1 heterocycles. The lowest BCUT2D eigenvalue weighted by molar-refractivity contribution is -0.134. The summed E-state index contributed by atoms with van der Waals surface area (Å²) in [6.07, 6.45) is 6.50. The number of likely N-dealkylation sites (tertiary alicyclic amines) is 1. The monoisotopic (exact) mass is 395 g/mol. The van der Waals surface area contributed by atoms with Crippen LogP contribution in [0.2, 0.25) is 0 Å². The molecule has 0 atom stereocenters. The summed E-state index contributed by atoms with van der Waals surface area (Å²) in [5.41, 5.74) is 2.89. The van der Waals surface area contributed by atoms with Gasteiger partial charge in [0, 0.05) is 18.1 Å². The first kappa shape index (κ1) is 22.4. The van der Waals surface area contributed by atoms with Crippen LogP contribution in [0.3, 0.4) is 0 Å². The van der Waals surface area contributed by atoms with Crippen LogP contribution in [0.1, 0.15) is 42.7 Å². The van der Waals surface area contributed by atoms with Crippen molar-refractivity contribution in [1.82, 2.24) is 4.90 Å². The number of rotatable bonds is 7. The Labute approximate surface area is 172 Å². The van der Waals surface area contributed by atoms with E-state index in [9.17, 15) is 9.59 Å². The maximum atomic E-state index is 9.55. The van der Waals surface area contributed by atoms with Gasteiger partial charge >= 0.3 is 11.9 Å². The summed E-state index contributed by atoms with van der Waals surface area (Å²) < 4.78 is 0. The third-order valence-electron chi connectivity index (χ3n) is 4.96. The first-order valence-corrected chi connectivity index (χ1v) is 10.0. The predicted molar refractivity (Wildman–Crippen MR) is 114 cm³/mol. The van der Waals surface area contributed by atoms with E-state index in [1.165, 1.54) is 56.4 Å². The number of carboxylic acid groups (broad SMARTS) is 2. The zero-order valence-corrected chi connectivity index (χ0v) is 16.6. The Morgan fingerprint density at radius 1 is 0.793 bits per heavy atom. The van der Waals surface area contributed by atoms with Crippen LogP contribution >= 0.6 is 0 Å². The molecule has 29 heavy (non-hydrogen) atoms. The summed E-state index contributed by atoms with van der Waals surface area (Å²) in [6, 6.07) is 21.9. The van der Waals surface area contributed by atoms with Crippen molar-refractivity contribution in [1.29, 1.82) is 0 Å². The molecule has 1 fully saturated rings. The number of carboxylic acids is 2. The number of hydrogen-bond donors (Lipinski definition) is 2.